The third-order valence-corrected chi connectivity index (χ3v) is 6.04. The Kier molecular flexibility index (Phi) is 5.01. The van der Waals surface area contributed by atoms with Crippen molar-refractivity contribution in [2.24, 2.45) is 0 Å². The van der Waals surface area contributed by atoms with Crippen LogP contribution in [-0.4, -0.2) is 49.7 Å². The normalized spacial score (nSPS) is 15.9. The number of carbonyl (C=O) groups is 1. The number of hydrogen-bond acceptors (Lipinski definition) is 3. The number of hydrogen-bond donors (Lipinski definition) is 0. The summed E-state index contributed by atoms with van der Waals surface area (Å²) in [6, 6.07) is 7.28. The summed E-state index contributed by atoms with van der Waals surface area (Å²) in [5.74, 6) is -2.69. The van der Waals surface area contributed by atoms with Crippen molar-refractivity contribution in [1.29, 1.82) is 0 Å². The Morgan fingerprint density at radius 3 is 2.04 bits per heavy atom. The molecule has 0 aromatic heterocycles. The molecular weight excluding hydrogens is 369 g/mol. The van der Waals surface area contributed by atoms with E-state index in [0.717, 1.165) is 16.4 Å². The SMILES string of the molecule is O=C(c1ccc(F)cc1)N1CCN(S(=O)(=O)c2cc(F)ccc2F)CC1. The molecule has 0 N–H and O–H groups in total. The number of rotatable bonds is 3. The fourth-order valence-electron chi connectivity index (χ4n) is 2.72. The van der Waals surface area contributed by atoms with Gasteiger partial charge in [0.2, 0.25) is 10.0 Å². The van der Waals surface area contributed by atoms with Crippen molar-refractivity contribution in [3.8, 4) is 0 Å². The molecule has 2 aromatic rings. The van der Waals surface area contributed by atoms with Crippen molar-refractivity contribution in [1.82, 2.24) is 9.21 Å². The number of nitrogens with zero attached hydrogens (tertiary/aromatic N) is 2. The van der Waals surface area contributed by atoms with E-state index in [1.165, 1.54) is 29.2 Å². The Morgan fingerprint density at radius 2 is 1.42 bits per heavy atom. The van der Waals surface area contributed by atoms with Crippen LogP contribution in [0.25, 0.3) is 0 Å². The summed E-state index contributed by atoms with van der Waals surface area (Å²) in [6.45, 7) is 0.0786. The lowest BCUT2D eigenvalue weighted by Crippen LogP contribution is -2.50. The smallest absolute Gasteiger partial charge is 0.253 e. The second-order valence-electron chi connectivity index (χ2n) is 5.78. The predicted molar refractivity (Wildman–Crippen MR) is 87.4 cm³/mol. The fourth-order valence-corrected chi connectivity index (χ4v) is 4.22. The summed E-state index contributed by atoms with van der Waals surface area (Å²) < 4.78 is 66.1. The molecule has 0 spiro atoms. The lowest BCUT2D eigenvalue weighted by molar-refractivity contribution is 0.0697. The Balaban J connectivity index is 1.72. The summed E-state index contributed by atoms with van der Waals surface area (Å²) in [7, 11) is -4.20. The van der Waals surface area contributed by atoms with Gasteiger partial charge in [-0.3, -0.25) is 4.79 Å². The van der Waals surface area contributed by atoms with Gasteiger partial charge >= 0.3 is 0 Å². The molecule has 26 heavy (non-hydrogen) atoms. The number of sulfonamides is 1. The quantitative estimate of drug-likeness (QED) is 0.816. The van der Waals surface area contributed by atoms with Crippen LogP contribution < -0.4 is 0 Å². The van der Waals surface area contributed by atoms with Crippen LogP contribution in [-0.2, 0) is 10.0 Å². The van der Waals surface area contributed by atoms with Crippen LogP contribution in [0.5, 0.6) is 0 Å². The summed E-state index contributed by atoms with van der Waals surface area (Å²) in [5, 5.41) is 0. The molecule has 0 bridgehead atoms. The van der Waals surface area contributed by atoms with Crippen molar-refractivity contribution >= 4 is 15.9 Å². The number of amides is 1. The first-order chi connectivity index (χ1) is 12.3. The van der Waals surface area contributed by atoms with E-state index in [-0.39, 0.29) is 32.1 Å². The maximum Gasteiger partial charge on any atom is 0.253 e. The molecule has 9 heteroatoms. The van der Waals surface area contributed by atoms with E-state index in [2.05, 4.69) is 0 Å². The van der Waals surface area contributed by atoms with Crippen LogP contribution in [0, 0.1) is 17.5 Å². The maximum absolute atomic E-state index is 13.8. The van der Waals surface area contributed by atoms with E-state index in [1.54, 1.807) is 0 Å². The van der Waals surface area contributed by atoms with Gasteiger partial charge in [-0.2, -0.15) is 4.31 Å². The summed E-state index contributed by atoms with van der Waals surface area (Å²) in [5.41, 5.74) is 0.291. The average Bonchev–Trinajstić information content (AvgIpc) is 2.64. The molecule has 0 aliphatic carbocycles. The highest BCUT2D eigenvalue weighted by Gasteiger charge is 2.32. The first-order valence-corrected chi connectivity index (χ1v) is 9.23. The number of halogens is 3. The van der Waals surface area contributed by atoms with E-state index < -0.39 is 32.4 Å². The molecule has 0 atom stereocenters. The zero-order chi connectivity index (χ0) is 18.9. The van der Waals surface area contributed by atoms with Crippen LogP contribution in [0.2, 0.25) is 0 Å². The van der Waals surface area contributed by atoms with Gasteiger partial charge in [-0.25, -0.2) is 21.6 Å². The molecule has 1 aliphatic rings. The van der Waals surface area contributed by atoms with Gasteiger partial charge in [0.15, 0.2) is 0 Å². The standard InChI is InChI=1S/C17H15F3N2O3S/c18-13-3-1-12(2-4-13)17(23)21-7-9-22(10-8-21)26(24,25)16-11-14(19)5-6-15(16)20/h1-6,11H,7-10H2. The Bertz CT molecular complexity index is 925. The molecule has 2 aromatic carbocycles. The van der Waals surface area contributed by atoms with Gasteiger partial charge in [-0.05, 0) is 42.5 Å². The highest BCUT2D eigenvalue weighted by molar-refractivity contribution is 7.89. The minimum absolute atomic E-state index is 0.0504. The van der Waals surface area contributed by atoms with Crippen molar-refractivity contribution in [3.05, 3.63) is 65.5 Å². The molecular formula is C17H15F3N2O3S. The summed E-state index contributed by atoms with van der Waals surface area (Å²) in [4.78, 5) is 13.1. The second kappa shape index (κ2) is 7.08. The molecule has 1 saturated heterocycles. The summed E-state index contributed by atoms with van der Waals surface area (Å²) >= 11 is 0. The molecule has 1 fully saturated rings. The topological polar surface area (TPSA) is 57.7 Å². The van der Waals surface area contributed by atoms with E-state index in [1.807, 2.05) is 0 Å². The van der Waals surface area contributed by atoms with Gasteiger partial charge in [0.05, 0.1) is 0 Å². The molecule has 3 rings (SSSR count). The molecule has 0 radical (unpaired) electrons. The monoisotopic (exact) mass is 384 g/mol. The lowest BCUT2D eigenvalue weighted by Gasteiger charge is -2.34. The van der Waals surface area contributed by atoms with E-state index in [9.17, 15) is 26.4 Å². The van der Waals surface area contributed by atoms with E-state index >= 15 is 0 Å². The van der Waals surface area contributed by atoms with E-state index in [4.69, 9.17) is 0 Å². The van der Waals surface area contributed by atoms with Crippen molar-refractivity contribution in [2.75, 3.05) is 26.2 Å². The summed E-state index contributed by atoms with van der Waals surface area (Å²) in [6.07, 6.45) is 0. The largest absolute Gasteiger partial charge is 0.336 e. The maximum atomic E-state index is 13.8. The molecule has 1 aliphatic heterocycles. The van der Waals surface area contributed by atoms with Gasteiger partial charge in [0.1, 0.15) is 22.3 Å². The number of piperazine rings is 1. The minimum atomic E-state index is -4.20. The van der Waals surface area contributed by atoms with Crippen LogP contribution in [0.1, 0.15) is 10.4 Å². The zero-order valence-corrected chi connectivity index (χ0v) is 14.3. The van der Waals surface area contributed by atoms with Gasteiger partial charge in [0.25, 0.3) is 5.91 Å². The van der Waals surface area contributed by atoms with Crippen molar-refractivity contribution < 1.29 is 26.4 Å². The van der Waals surface area contributed by atoms with Crippen LogP contribution >= 0.6 is 0 Å². The first-order valence-electron chi connectivity index (χ1n) is 7.79. The molecule has 1 amide bonds. The molecule has 138 valence electrons. The third kappa shape index (κ3) is 3.58. The van der Waals surface area contributed by atoms with Gasteiger partial charge in [0, 0.05) is 31.7 Å². The number of benzene rings is 2. The molecule has 1 heterocycles. The highest BCUT2D eigenvalue weighted by atomic mass is 32.2. The Labute approximate surface area is 148 Å². The van der Waals surface area contributed by atoms with E-state index in [0.29, 0.717) is 11.6 Å². The zero-order valence-electron chi connectivity index (χ0n) is 13.5. The van der Waals surface area contributed by atoms with Gasteiger partial charge < -0.3 is 4.90 Å². The number of carbonyl (C=O) groups excluding carboxylic acids is 1. The lowest BCUT2D eigenvalue weighted by atomic mass is 10.2. The Hall–Kier alpha value is -2.39. The van der Waals surface area contributed by atoms with Crippen molar-refractivity contribution in [3.63, 3.8) is 0 Å². The minimum Gasteiger partial charge on any atom is -0.336 e. The third-order valence-electron chi connectivity index (χ3n) is 4.13. The van der Waals surface area contributed by atoms with Crippen LogP contribution in [0.4, 0.5) is 13.2 Å². The van der Waals surface area contributed by atoms with Crippen LogP contribution in [0.3, 0.4) is 0 Å². The average molecular weight is 384 g/mol. The Morgan fingerprint density at radius 1 is 0.846 bits per heavy atom. The molecule has 5 nitrogen and oxygen atoms in total. The first kappa shape index (κ1) is 18.4. The van der Waals surface area contributed by atoms with Gasteiger partial charge in [-0.1, -0.05) is 0 Å². The predicted octanol–water partition coefficient (Wildman–Crippen LogP) is 2.25. The van der Waals surface area contributed by atoms with Crippen LogP contribution in [0.15, 0.2) is 47.4 Å². The molecule has 0 saturated carbocycles. The fraction of sp³-hybridized carbons (Fsp3) is 0.235. The van der Waals surface area contributed by atoms with Crippen molar-refractivity contribution in [2.45, 2.75) is 4.90 Å². The second-order valence-corrected chi connectivity index (χ2v) is 7.68. The molecule has 0 unspecified atom stereocenters. The van der Waals surface area contributed by atoms with Gasteiger partial charge in [-0.15, -0.1) is 0 Å². The highest BCUT2D eigenvalue weighted by Crippen LogP contribution is 2.22.